The van der Waals surface area contributed by atoms with E-state index in [1.165, 1.54) is 18.2 Å². The average molecular weight is 640 g/mol. The molecule has 1 N–H and O–H groups in total. The summed E-state index contributed by atoms with van der Waals surface area (Å²) < 4.78 is 13.6. The number of nitrogens with zero attached hydrogens (tertiary/aromatic N) is 3. The van der Waals surface area contributed by atoms with Gasteiger partial charge in [0.15, 0.2) is 18.1 Å². The Morgan fingerprint density at radius 3 is 2.76 bits per heavy atom. The summed E-state index contributed by atoms with van der Waals surface area (Å²) in [6.45, 7) is -0.474. The molecule has 1 fully saturated rings. The van der Waals surface area contributed by atoms with Crippen LogP contribution in [0.1, 0.15) is 49.4 Å². The van der Waals surface area contributed by atoms with E-state index >= 15 is 0 Å². The number of hydrogen-bond donors (Lipinski definition) is 1. The summed E-state index contributed by atoms with van der Waals surface area (Å²) >= 11 is 5.49. The number of halogens is 2. The second-order valence-corrected chi connectivity index (χ2v) is 10.1. The zero-order valence-corrected chi connectivity index (χ0v) is 22.2. The summed E-state index contributed by atoms with van der Waals surface area (Å²) in [6.07, 6.45) is 6.95. The van der Waals surface area contributed by atoms with Crippen LogP contribution >= 0.6 is 38.5 Å². The highest BCUT2D eigenvalue weighted by molar-refractivity contribution is 14.1. The fourth-order valence-electron chi connectivity index (χ4n) is 4.12. The predicted octanol–water partition coefficient (Wildman–Crippen LogP) is 5.17. The normalized spacial score (nSPS) is 14.6. The summed E-state index contributed by atoms with van der Waals surface area (Å²) in [6, 6.07) is 8.99. The Morgan fingerprint density at radius 1 is 1.29 bits per heavy atom. The van der Waals surface area contributed by atoms with E-state index < -0.39 is 12.6 Å². The fraction of sp³-hybridized carbons (Fsp3) is 0.333. The first-order valence-electron chi connectivity index (χ1n) is 10.9. The van der Waals surface area contributed by atoms with Crippen molar-refractivity contribution in [3.8, 4) is 11.5 Å². The van der Waals surface area contributed by atoms with Crippen LogP contribution in [-0.4, -0.2) is 40.7 Å². The molecule has 0 aliphatic heterocycles. The number of benzene rings is 2. The number of aromatic nitrogens is 2. The zero-order chi connectivity index (χ0) is 24.2. The van der Waals surface area contributed by atoms with E-state index in [4.69, 9.17) is 19.6 Å². The van der Waals surface area contributed by atoms with Crippen molar-refractivity contribution in [1.29, 1.82) is 0 Å². The molecular formula is C24H23BrIN3O5. The van der Waals surface area contributed by atoms with Gasteiger partial charge < -0.3 is 14.6 Å². The first-order valence-corrected chi connectivity index (χ1v) is 12.7. The lowest BCUT2D eigenvalue weighted by Crippen LogP contribution is -2.25. The second-order valence-electron chi connectivity index (χ2n) is 8.04. The van der Waals surface area contributed by atoms with Gasteiger partial charge in [0.2, 0.25) is 0 Å². The van der Waals surface area contributed by atoms with Crippen LogP contribution < -0.4 is 15.0 Å². The lowest BCUT2D eigenvalue weighted by molar-refractivity contribution is -0.139. The minimum Gasteiger partial charge on any atom is -0.493 e. The highest BCUT2D eigenvalue weighted by atomic mass is 127. The molecule has 1 heterocycles. The van der Waals surface area contributed by atoms with Crippen LogP contribution in [0.15, 0.2) is 44.7 Å². The number of carboxylic acid groups (broad SMARTS) is 1. The molecule has 1 aliphatic carbocycles. The van der Waals surface area contributed by atoms with E-state index in [9.17, 15) is 9.59 Å². The maximum atomic E-state index is 13.4. The molecule has 0 amide bonds. The molecule has 3 aromatic rings. The van der Waals surface area contributed by atoms with Crippen molar-refractivity contribution in [1.82, 2.24) is 9.66 Å². The topological polar surface area (TPSA) is 103 Å². The monoisotopic (exact) mass is 639 g/mol. The van der Waals surface area contributed by atoms with Crippen molar-refractivity contribution in [3.63, 3.8) is 0 Å². The predicted molar refractivity (Wildman–Crippen MR) is 141 cm³/mol. The maximum absolute atomic E-state index is 13.4. The molecule has 10 heteroatoms. The highest BCUT2D eigenvalue weighted by Crippen LogP contribution is 2.34. The Bertz CT molecular complexity index is 1320. The number of carbonyl (C=O) groups is 1. The standard InChI is InChI=1S/C24H23BrIN3O5/c1-33-20-10-14(9-18(26)22(20)34-13-21(30)31)12-27-29-23(15-5-3-2-4-6-15)28-19-8-7-16(25)11-17(19)24(29)32/h7-12,15H,2-6,13H2,1H3,(H,30,31). The molecule has 34 heavy (non-hydrogen) atoms. The van der Waals surface area contributed by atoms with Crippen molar-refractivity contribution < 1.29 is 19.4 Å². The van der Waals surface area contributed by atoms with Crippen molar-refractivity contribution in [2.75, 3.05) is 13.7 Å². The highest BCUT2D eigenvalue weighted by Gasteiger charge is 2.22. The van der Waals surface area contributed by atoms with Crippen LogP contribution in [-0.2, 0) is 4.79 Å². The van der Waals surface area contributed by atoms with E-state index in [-0.39, 0.29) is 11.5 Å². The van der Waals surface area contributed by atoms with E-state index in [0.29, 0.717) is 37.4 Å². The summed E-state index contributed by atoms with van der Waals surface area (Å²) in [7, 11) is 1.48. The lowest BCUT2D eigenvalue weighted by atomic mass is 9.88. The number of ether oxygens (including phenoxy) is 2. The molecule has 0 radical (unpaired) electrons. The molecule has 0 unspecified atom stereocenters. The van der Waals surface area contributed by atoms with Crippen molar-refractivity contribution in [3.05, 3.63) is 60.1 Å². The molecule has 4 rings (SSSR count). The lowest BCUT2D eigenvalue weighted by Gasteiger charge is -2.22. The van der Waals surface area contributed by atoms with E-state index in [1.807, 2.05) is 12.1 Å². The molecule has 0 bridgehead atoms. The van der Waals surface area contributed by atoms with Gasteiger partial charge in [-0.25, -0.2) is 9.78 Å². The summed E-state index contributed by atoms with van der Waals surface area (Å²) in [5.74, 6) is 0.510. The van der Waals surface area contributed by atoms with Crippen LogP contribution in [0.4, 0.5) is 0 Å². The third kappa shape index (κ3) is 5.43. The Labute approximate surface area is 218 Å². The molecule has 0 saturated heterocycles. The molecular weight excluding hydrogens is 617 g/mol. The number of carboxylic acids is 1. The Morgan fingerprint density at radius 2 is 2.06 bits per heavy atom. The number of fused-ring (bicyclic) bond motifs is 1. The van der Waals surface area contributed by atoms with Gasteiger partial charge in [-0.2, -0.15) is 9.78 Å². The zero-order valence-electron chi connectivity index (χ0n) is 18.5. The van der Waals surface area contributed by atoms with E-state index in [1.54, 1.807) is 24.4 Å². The number of methoxy groups -OCH3 is 1. The number of rotatable bonds is 7. The van der Waals surface area contributed by atoms with Gasteiger partial charge in [0.05, 0.1) is 27.8 Å². The van der Waals surface area contributed by atoms with Crippen molar-refractivity contribution in [2.24, 2.45) is 5.10 Å². The minimum atomic E-state index is -1.08. The van der Waals surface area contributed by atoms with Crippen molar-refractivity contribution in [2.45, 2.75) is 38.0 Å². The van der Waals surface area contributed by atoms with Crippen LogP contribution in [0.3, 0.4) is 0 Å². The molecule has 178 valence electrons. The van der Waals surface area contributed by atoms with Gasteiger partial charge >= 0.3 is 5.97 Å². The summed E-state index contributed by atoms with van der Waals surface area (Å²) in [4.78, 5) is 29.2. The number of aliphatic carboxylic acids is 1. The Hall–Kier alpha value is -2.47. The third-order valence-electron chi connectivity index (χ3n) is 5.72. The largest absolute Gasteiger partial charge is 0.493 e. The first kappa shape index (κ1) is 24.6. The van der Waals surface area contributed by atoms with Crippen LogP contribution in [0, 0.1) is 3.57 Å². The smallest absolute Gasteiger partial charge is 0.341 e. The average Bonchev–Trinajstić information content (AvgIpc) is 2.83. The molecule has 1 aliphatic rings. The molecule has 8 nitrogen and oxygen atoms in total. The van der Waals surface area contributed by atoms with Gasteiger partial charge in [0, 0.05) is 10.4 Å². The van der Waals surface area contributed by atoms with Crippen LogP contribution in [0.5, 0.6) is 11.5 Å². The SMILES string of the molecule is COc1cc(C=Nn2c(C3CCCCC3)nc3ccc(Br)cc3c2=O)cc(I)c1OCC(=O)O. The second kappa shape index (κ2) is 10.9. The molecule has 0 spiro atoms. The maximum Gasteiger partial charge on any atom is 0.341 e. The van der Waals surface area contributed by atoms with E-state index in [2.05, 4.69) is 43.6 Å². The molecule has 2 aromatic carbocycles. The fourth-order valence-corrected chi connectivity index (χ4v) is 5.26. The van der Waals surface area contributed by atoms with Gasteiger partial charge in [0.25, 0.3) is 5.56 Å². The van der Waals surface area contributed by atoms with Gasteiger partial charge in [-0.05, 0) is 71.3 Å². The minimum absolute atomic E-state index is 0.174. The quantitative estimate of drug-likeness (QED) is 0.283. The van der Waals surface area contributed by atoms with Crippen LogP contribution in [0.25, 0.3) is 10.9 Å². The van der Waals surface area contributed by atoms with Gasteiger partial charge in [-0.3, -0.25) is 4.79 Å². The Kier molecular flexibility index (Phi) is 7.87. The van der Waals surface area contributed by atoms with Crippen molar-refractivity contribution >= 4 is 61.6 Å². The first-order chi connectivity index (χ1) is 16.4. The molecule has 1 aromatic heterocycles. The van der Waals surface area contributed by atoms with Crippen LogP contribution in [0.2, 0.25) is 0 Å². The molecule has 0 atom stereocenters. The van der Waals surface area contributed by atoms with Gasteiger partial charge in [0.1, 0.15) is 5.82 Å². The van der Waals surface area contributed by atoms with Gasteiger partial charge in [-0.15, -0.1) is 0 Å². The summed E-state index contributed by atoms with van der Waals surface area (Å²) in [5.41, 5.74) is 1.13. The molecule has 1 saturated carbocycles. The summed E-state index contributed by atoms with van der Waals surface area (Å²) in [5, 5.41) is 14.0. The van der Waals surface area contributed by atoms with E-state index in [0.717, 1.165) is 30.2 Å². The van der Waals surface area contributed by atoms with Gasteiger partial charge in [-0.1, -0.05) is 35.2 Å². The Balaban J connectivity index is 1.78. The third-order valence-corrected chi connectivity index (χ3v) is 7.01. The number of hydrogen-bond acceptors (Lipinski definition) is 6.